The zero-order valence-corrected chi connectivity index (χ0v) is 25.7. The predicted octanol–water partition coefficient (Wildman–Crippen LogP) is 8.78. The summed E-state index contributed by atoms with van der Waals surface area (Å²) in [7, 11) is 3.60. The number of aryl methyl sites for hydroxylation is 2. The van der Waals surface area contributed by atoms with E-state index in [0.717, 1.165) is 71.6 Å². The van der Waals surface area contributed by atoms with E-state index >= 15 is 0 Å². The van der Waals surface area contributed by atoms with Gasteiger partial charge < -0.3 is 4.42 Å². The maximum absolute atomic E-state index is 12.5. The Kier molecular flexibility index (Phi) is 5.95. The van der Waals surface area contributed by atoms with Crippen molar-refractivity contribution in [2.45, 2.75) is 0 Å². The van der Waals surface area contributed by atoms with Crippen LogP contribution >= 0.6 is 0 Å². The first-order valence-electron chi connectivity index (χ1n) is 15.4. The molecule has 0 aliphatic heterocycles. The van der Waals surface area contributed by atoms with Crippen LogP contribution in [0.5, 0.6) is 0 Å². The average molecular weight is 610 g/mol. The molecule has 6 aromatic carbocycles. The van der Waals surface area contributed by atoms with Gasteiger partial charge in [-0.05, 0) is 64.4 Å². The molecule has 3 aromatic heterocycles. The molecule has 3 heterocycles. The Balaban J connectivity index is 1.19. The van der Waals surface area contributed by atoms with Crippen LogP contribution in [0.2, 0.25) is 0 Å². The van der Waals surface area contributed by atoms with Gasteiger partial charge in [0, 0.05) is 41.6 Å². The van der Waals surface area contributed by atoms with E-state index in [1.807, 2.05) is 72.8 Å². The SMILES string of the molecule is Cn1c(=O)n(C)c2cc(-c3cccc(-c4nc(-c5ccccc5)nc(-c5ccc6cc7oc8ccccc8c7cc6c5)n4)c3)ccc21. The van der Waals surface area contributed by atoms with E-state index in [9.17, 15) is 4.79 Å². The van der Waals surface area contributed by atoms with Gasteiger partial charge in [0.1, 0.15) is 11.2 Å². The number of nitrogens with zero attached hydrogens (tertiary/aromatic N) is 5. The number of hydrogen-bond acceptors (Lipinski definition) is 5. The van der Waals surface area contributed by atoms with Gasteiger partial charge in [-0.15, -0.1) is 0 Å². The maximum Gasteiger partial charge on any atom is 0.328 e. The molecule has 224 valence electrons. The van der Waals surface area contributed by atoms with Gasteiger partial charge in [-0.2, -0.15) is 0 Å². The van der Waals surface area contributed by atoms with Gasteiger partial charge in [0.2, 0.25) is 0 Å². The van der Waals surface area contributed by atoms with Crippen LogP contribution in [-0.4, -0.2) is 24.1 Å². The zero-order valence-electron chi connectivity index (χ0n) is 25.7. The summed E-state index contributed by atoms with van der Waals surface area (Å²) in [6.45, 7) is 0. The van der Waals surface area contributed by atoms with Crippen LogP contribution in [0.3, 0.4) is 0 Å². The Labute approximate surface area is 269 Å². The first-order valence-corrected chi connectivity index (χ1v) is 15.4. The Bertz CT molecular complexity index is 2740. The first-order chi connectivity index (χ1) is 23.0. The predicted molar refractivity (Wildman–Crippen MR) is 188 cm³/mol. The van der Waals surface area contributed by atoms with Crippen molar-refractivity contribution < 1.29 is 4.42 Å². The Morgan fingerprint density at radius 3 is 1.94 bits per heavy atom. The lowest BCUT2D eigenvalue weighted by Gasteiger charge is -2.10. The Morgan fingerprint density at radius 1 is 0.468 bits per heavy atom. The van der Waals surface area contributed by atoms with Crippen molar-refractivity contribution in [3.8, 4) is 45.3 Å². The quantitative estimate of drug-likeness (QED) is 0.199. The van der Waals surface area contributed by atoms with Crippen LogP contribution in [0.25, 0.3) is 89.0 Å². The van der Waals surface area contributed by atoms with Gasteiger partial charge in [0.15, 0.2) is 17.5 Å². The van der Waals surface area contributed by atoms with Crippen molar-refractivity contribution >= 4 is 43.7 Å². The standard InChI is InChI=1S/C40H27N5O2/c1-44-33-18-17-26(22-34(33)45(2)40(44)46)25-11-8-12-28(19-25)38-41-37(24-9-4-3-5-10-24)42-39(43-38)29-16-15-27-23-36-32(21-30(27)20-29)31-13-6-7-14-35(31)47-36/h3-23H,1-2H3. The van der Waals surface area contributed by atoms with Crippen LogP contribution in [0, 0.1) is 0 Å². The first kappa shape index (κ1) is 27.0. The number of hydrogen-bond donors (Lipinski definition) is 0. The lowest BCUT2D eigenvalue weighted by atomic mass is 10.0. The lowest BCUT2D eigenvalue weighted by molar-refractivity contribution is 0.669. The topological polar surface area (TPSA) is 78.7 Å². The molecule has 0 bridgehead atoms. The minimum absolute atomic E-state index is 0.0479. The van der Waals surface area contributed by atoms with Crippen LogP contribution in [0.4, 0.5) is 0 Å². The number of para-hydroxylation sites is 1. The van der Waals surface area contributed by atoms with Gasteiger partial charge >= 0.3 is 5.69 Å². The van der Waals surface area contributed by atoms with E-state index in [4.69, 9.17) is 19.4 Å². The van der Waals surface area contributed by atoms with E-state index in [1.165, 1.54) is 0 Å². The highest BCUT2D eigenvalue weighted by Gasteiger charge is 2.15. The Hall–Kier alpha value is -6.34. The number of furan rings is 1. The summed E-state index contributed by atoms with van der Waals surface area (Å²) in [6, 6.07) is 43.0. The van der Waals surface area contributed by atoms with Crippen LogP contribution in [0.15, 0.2) is 137 Å². The lowest BCUT2D eigenvalue weighted by Crippen LogP contribution is -2.19. The van der Waals surface area contributed by atoms with Crippen LogP contribution < -0.4 is 5.69 Å². The largest absolute Gasteiger partial charge is 0.456 e. The summed E-state index contributed by atoms with van der Waals surface area (Å²) in [5.74, 6) is 1.78. The van der Waals surface area contributed by atoms with Gasteiger partial charge in [0.25, 0.3) is 0 Å². The molecular formula is C40H27N5O2. The molecular weight excluding hydrogens is 582 g/mol. The molecule has 0 spiro atoms. The number of fused-ring (bicyclic) bond motifs is 5. The molecule has 0 aliphatic rings. The molecule has 0 N–H and O–H groups in total. The second kappa shape index (κ2) is 10.4. The smallest absolute Gasteiger partial charge is 0.328 e. The van der Waals surface area contributed by atoms with E-state index < -0.39 is 0 Å². The molecule has 0 aliphatic carbocycles. The van der Waals surface area contributed by atoms with Crippen molar-refractivity contribution in [2.75, 3.05) is 0 Å². The number of rotatable bonds is 4. The van der Waals surface area contributed by atoms with Crippen molar-refractivity contribution in [3.63, 3.8) is 0 Å². The Morgan fingerprint density at radius 2 is 1.11 bits per heavy atom. The molecule has 47 heavy (non-hydrogen) atoms. The molecule has 9 rings (SSSR count). The second-order valence-electron chi connectivity index (χ2n) is 11.9. The summed E-state index contributed by atoms with van der Waals surface area (Å²) >= 11 is 0. The number of aromatic nitrogens is 5. The maximum atomic E-state index is 12.5. The van der Waals surface area contributed by atoms with Crippen molar-refractivity contribution in [1.29, 1.82) is 0 Å². The summed E-state index contributed by atoms with van der Waals surface area (Å²) in [5, 5.41) is 4.34. The van der Waals surface area contributed by atoms with Crippen LogP contribution in [-0.2, 0) is 14.1 Å². The number of benzene rings is 6. The van der Waals surface area contributed by atoms with E-state index in [0.29, 0.717) is 17.5 Å². The van der Waals surface area contributed by atoms with Crippen LogP contribution in [0.1, 0.15) is 0 Å². The average Bonchev–Trinajstić information content (AvgIpc) is 3.59. The highest BCUT2D eigenvalue weighted by Crippen LogP contribution is 2.34. The molecule has 0 atom stereocenters. The van der Waals surface area contributed by atoms with Crippen molar-refractivity contribution in [3.05, 3.63) is 138 Å². The fourth-order valence-corrected chi connectivity index (χ4v) is 6.48. The molecule has 7 nitrogen and oxygen atoms in total. The number of imidazole rings is 1. The third kappa shape index (κ3) is 4.43. The molecule has 9 aromatic rings. The van der Waals surface area contributed by atoms with Crippen molar-refractivity contribution in [1.82, 2.24) is 24.1 Å². The molecule has 0 saturated heterocycles. The van der Waals surface area contributed by atoms with E-state index in [1.54, 1.807) is 23.2 Å². The van der Waals surface area contributed by atoms with E-state index in [2.05, 4.69) is 54.6 Å². The van der Waals surface area contributed by atoms with Gasteiger partial charge in [-0.3, -0.25) is 9.13 Å². The third-order valence-corrected chi connectivity index (χ3v) is 8.99. The van der Waals surface area contributed by atoms with Gasteiger partial charge in [-0.25, -0.2) is 19.7 Å². The monoisotopic (exact) mass is 609 g/mol. The van der Waals surface area contributed by atoms with E-state index in [-0.39, 0.29) is 5.69 Å². The minimum atomic E-state index is -0.0479. The molecule has 7 heteroatoms. The fourth-order valence-electron chi connectivity index (χ4n) is 6.48. The highest BCUT2D eigenvalue weighted by atomic mass is 16.3. The fraction of sp³-hybridized carbons (Fsp3) is 0.0500. The zero-order chi connectivity index (χ0) is 31.6. The summed E-state index contributed by atoms with van der Waals surface area (Å²) in [4.78, 5) is 27.5. The third-order valence-electron chi connectivity index (χ3n) is 8.99. The van der Waals surface area contributed by atoms with Crippen molar-refractivity contribution in [2.24, 2.45) is 14.1 Å². The van der Waals surface area contributed by atoms with Gasteiger partial charge in [0.05, 0.1) is 11.0 Å². The summed E-state index contributed by atoms with van der Waals surface area (Å²) < 4.78 is 9.47. The summed E-state index contributed by atoms with van der Waals surface area (Å²) in [6.07, 6.45) is 0. The molecule has 0 radical (unpaired) electrons. The normalized spacial score (nSPS) is 11.7. The molecule has 0 fully saturated rings. The molecule has 0 amide bonds. The summed E-state index contributed by atoms with van der Waals surface area (Å²) in [5.41, 5.74) is 8.17. The minimum Gasteiger partial charge on any atom is -0.456 e. The highest BCUT2D eigenvalue weighted by molar-refractivity contribution is 6.10. The molecule has 0 unspecified atom stereocenters. The second-order valence-corrected chi connectivity index (χ2v) is 11.9. The molecule has 0 saturated carbocycles. The van der Waals surface area contributed by atoms with Gasteiger partial charge in [-0.1, -0.05) is 84.9 Å².